The number of piperidine rings is 1. The molecular weight excluding hydrogens is 290 g/mol. The maximum Gasteiger partial charge on any atom is 0.168 e. The molecule has 23 heavy (non-hydrogen) atoms. The largest absolute Gasteiger partial charge is 0.497 e. The molecule has 4 aliphatic rings. The van der Waals surface area contributed by atoms with E-state index < -0.39 is 5.60 Å². The van der Waals surface area contributed by atoms with Crippen molar-refractivity contribution < 1.29 is 14.6 Å². The van der Waals surface area contributed by atoms with E-state index in [-0.39, 0.29) is 17.6 Å². The first-order valence-electron chi connectivity index (χ1n) is 8.49. The molecule has 0 amide bonds. The molecule has 1 fully saturated rings. The van der Waals surface area contributed by atoms with Gasteiger partial charge in [0.05, 0.1) is 18.1 Å². The third kappa shape index (κ3) is 1.33. The van der Waals surface area contributed by atoms with Crippen LogP contribution >= 0.6 is 0 Å². The number of aryl methyl sites for hydroxylation is 1. The van der Waals surface area contributed by atoms with Crippen LogP contribution in [0.2, 0.25) is 0 Å². The van der Waals surface area contributed by atoms with Crippen LogP contribution in [0, 0.1) is 6.92 Å². The highest BCUT2D eigenvalue weighted by Crippen LogP contribution is 2.64. The Labute approximate surface area is 136 Å². The van der Waals surface area contributed by atoms with E-state index in [0.29, 0.717) is 6.42 Å². The fourth-order valence-electron chi connectivity index (χ4n) is 5.68. The lowest BCUT2D eigenvalue weighted by atomic mass is 9.50. The number of ether oxygens (including phenoxy) is 2. The average Bonchev–Trinajstić information content (AvgIpc) is 2.89. The van der Waals surface area contributed by atoms with E-state index in [4.69, 9.17) is 9.47 Å². The van der Waals surface area contributed by atoms with Crippen LogP contribution in [-0.4, -0.2) is 48.5 Å². The lowest BCUT2D eigenvalue weighted by Gasteiger charge is -2.61. The van der Waals surface area contributed by atoms with Gasteiger partial charge in [0, 0.05) is 18.0 Å². The second kappa shape index (κ2) is 4.11. The Hall–Kier alpha value is -1.52. The normalized spacial score (nSPS) is 40.3. The number of hydrogen-bond donors (Lipinski definition) is 1. The van der Waals surface area contributed by atoms with E-state index in [9.17, 15) is 5.11 Å². The molecule has 1 aromatic rings. The maximum atomic E-state index is 11.9. The van der Waals surface area contributed by atoms with Gasteiger partial charge in [-0.3, -0.25) is 0 Å². The van der Waals surface area contributed by atoms with Gasteiger partial charge >= 0.3 is 0 Å². The van der Waals surface area contributed by atoms with Gasteiger partial charge in [-0.05, 0) is 50.6 Å². The van der Waals surface area contributed by atoms with E-state index in [2.05, 4.69) is 31.0 Å². The zero-order valence-corrected chi connectivity index (χ0v) is 13.9. The Balaban J connectivity index is 1.86. The summed E-state index contributed by atoms with van der Waals surface area (Å²) in [4.78, 5) is 2.33. The number of likely N-dealkylation sites (N-methyl/N-ethyl adjacent to an activating group) is 1. The van der Waals surface area contributed by atoms with Gasteiger partial charge in [0.2, 0.25) is 0 Å². The number of rotatable bonds is 1. The molecule has 4 heteroatoms. The van der Waals surface area contributed by atoms with Crippen molar-refractivity contribution >= 4 is 0 Å². The Morgan fingerprint density at radius 3 is 3.00 bits per heavy atom. The summed E-state index contributed by atoms with van der Waals surface area (Å²) < 4.78 is 12.1. The predicted octanol–water partition coefficient (Wildman–Crippen LogP) is 1.92. The minimum absolute atomic E-state index is 0.137. The molecule has 1 aromatic carbocycles. The van der Waals surface area contributed by atoms with Crippen molar-refractivity contribution in [2.75, 3.05) is 20.7 Å². The van der Waals surface area contributed by atoms with Gasteiger partial charge in [-0.15, -0.1) is 0 Å². The summed E-state index contributed by atoms with van der Waals surface area (Å²) in [6.45, 7) is 3.08. The molecule has 2 heterocycles. The van der Waals surface area contributed by atoms with Crippen molar-refractivity contribution in [2.45, 2.75) is 49.3 Å². The highest BCUT2D eigenvalue weighted by molar-refractivity contribution is 5.61. The molecule has 2 bridgehead atoms. The molecule has 4 unspecified atom stereocenters. The summed E-state index contributed by atoms with van der Waals surface area (Å²) in [7, 11) is 3.85. The van der Waals surface area contributed by atoms with E-state index >= 15 is 0 Å². The SMILES string of the molecule is COC1=CCC2(O)C3Cc4ccc(C)c5c4C2(CCN3C)C1O5. The summed E-state index contributed by atoms with van der Waals surface area (Å²) in [5.74, 6) is 1.86. The number of nitrogens with zero attached hydrogens (tertiary/aromatic N) is 1. The van der Waals surface area contributed by atoms with Crippen molar-refractivity contribution in [3.8, 4) is 5.75 Å². The minimum Gasteiger partial charge on any atom is -0.497 e. The van der Waals surface area contributed by atoms with Crippen LogP contribution in [0.1, 0.15) is 29.5 Å². The smallest absolute Gasteiger partial charge is 0.168 e. The second-order valence-electron chi connectivity index (χ2n) is 7.60. The Bertz CT molecular complexity index is 742. The first-order valence-corrected chi connectivity index (χ1v) is 8.49. The van der Waals surface area contributed by atoms with Crippen molar-refractivity contribution in [3.63, 3.8) is 0 Å². The zero-order valence-electron chi connectivity index (χ0n) is 13.9. The van der Waals surface area contributed by atoms with Crippen molar-refractivity contribution in [1.29, 1.82) is 0 Å². The standard InChI is InChI=1S/C19H23NO3/c1-11-4-5-12-10-14-19(21)7-6-13(22-3)17-18(19,8-9-20(14)2)15(12)16(11)23-17/h4-6,14,17,21H,7-10H2,1-3H3. The number of methoxy groups -OCH3 is 1. The van der Waals surface area contributed by atoms with Gasteiger partial charge in [0.15, 0.2) is 6.10 Å². The molecule has 5 rings (SSSR count). The van der Waals surface area contributed by atoms with Gasteiger partial charge in [-0.1, -0.05) is 12.1 Å². The third-order valence-corrected chi connectivity index (χ3v) is 6.81. The fourth-order valence-corrected chi connectivity index (χ4v) is 5.68. The average molecular weight is 313 g/mol. The Kier molecular flexibility index (Phi) is 2.48. The van der Waals surface area contributed by atoms with Gasteiger partial charge < -0.3 is 19.5 Å². The summed E-state index contributed by atoms with van der Waals surface area (Å²) in [6.07, 6.45) is 4.28. The van der Waals surface area contributed by atoms with E-state index in [1.165, 1.54) is 11.1 Å². The fraction of sp³-hybridized carbons (Fsp3) is 0.579. The summed E-state index contributed by atoms with van der Waals surface area (Å²) in [6, 6.07) is 4.52. The molecule has 122 valence electrons. The van der Waals surface area contributed by atoms with Crippen molar-refractivity contribution in [1.82, 2.24) is 4.90 Å². The molecule has 4 atom stereocenters. The predicted molar refractivity (Wildman–Crippen MR) is 86.7 cm³/mol. The summed E-state index contributed by atoms with van der Waals surface area (Å²) in [5, 5.41) is 11.9. The van der Waals surface area contributed by atoms with Crippen LogP contribution in [0.5, 0.6) is 5.75 Å². The first kappa shape index (κ1) is 13.9. The highest BCUT2D eigenvalue weighted by atomic mass is 16.5. The third-order valence-electron chi connectivity index (χ3n) is 6.81. The van der Waals surface area contributed by atoms with E-state index in [0.717, 1.165) is 36.5 Å². The van der Waals surface area contributed by atoms with E-state index in [1.54, 1.807) is 7.11 Å². The summed E-state index contributed by atoms with van der Waals surface area (Å²) in [5.41, 5.74) is 2.61. The highest BCUT2D eigenvalue weighted by Gasteiger charge is 2.71. The Morgan fingerprint density at radius 1 is 1.39 bits per heavy atom. The minimum atomic E-state index is -0.779. The van der Waals surface area contributed by atoms with Crippen molar-refractivity contribution in [2.24, 2.45) is 0 Å². The zero-order chi connectivity index (χ0) is 16.0. The number of benzene rings is 1. The van der Waals surface area contributed by atoms with Crippen LogP contribution < -0.4 is 4.74 Å². The first-order chi connectivity index (χ1) is 11.0. The molecule has 2 aliphatic heterocycles. The topological polar surface area (TPSA) is 41.9 Å². The maximum absolute atomic E-state index is 11.9. The molecule has 4 nitrogen and oxygen atoms in total. The lowest BCUT2D eigenvalue weighted by Crippen LogP contribution is -2.74. The van der Waals surface area contributed by atoms with Gasteiger partial charge in [-0.25, -0.2) is 0 Å². The molecule has 1 spiro atoms. The number of aliphatic hydroxyl groups is 1. The Morgan fingerprint density at radius 2 is 2.22 bits per heavy atom. The monoisotopic (exact) mass is 313 g/mol. The van der Waals surface area contributed by atoms with Crippen LogP contribution in [0.25, 0.3) is 0 Å². The molecule has 0 radical (unpaired) electrons. The van der Waals surface area contributed by atoms with Crippen molar-refractivity contribution in [3.05, 3.63) is 40.7 Å². The van der Waals surface area contributed by atoms with Crippen LogP contribution in [0.4, 0.5) is 0 Å². The number of likely N-dealkylation sites (tertiary alicyclic amines) is 1. The lowest BCUT2D eigenvalue weighted by molar-refractivity contribution is -0.164. The van der Waals surface area contributed by atoms with Crippen LogP contribution in [-0.2, 0) is 16.6 Å². The quantitative estimate of drug-likeness (QED) is 0.860. The van der Waals surface area contributed by atoms with Gasteiger partial charge in [0.1, 0.15) is 11.5 Å². The summed E-state index contributed by atoms with van der Waals surface area (Å²) >= 11 is 0. The molecule has 1 N–H and O–H groups in total. The number of hydrogen-bond acceptors (Lipinski definition) is 4. The van der Waals surface area contributed by atoms with Gasteiger partial charge in [0.25, 0.3) is 0 Å². The molecule has 0 saturated carbocycles. The van der Waals surface area contributed by atoms with Crippen LogP contribution in [0.3, 0.4) is 0 Å². The van der Waals surface area contributed by atoms with Crippen LogP contribution in [0.15, 0.2) is 24.0 Å². The second-order valence-corrected chi connectivity index (χ2v) is 7.60. The molecule has 0 aromatic heterocycles. The van der Waals surface area contributed by atoms with Gasteiger partial charge in [-0.2, -0.15) is 0 Å². The molecule has 1 saturated heterocycles. The van der Waals surface area contributed by atoms with E-state index in [1.807, 2.05) is 6.08 Å². The molecule has 2 aliphatic carbocycles. The molecular formula is C19H23NO3.